The summed E-state index contributed by atoms with van der Waals surface area (Å²) < 4.78 is 42.7. The molecule has 0 bridgehead atoms. The number of aromatic nitrogens is 2. The van der Waals surface area contributed by atoms with Crippen molar-refractivity contribution in [2.75, 3.05) is 79.9 Å². The highest BCUT2D eigenvalue weighted by molar-refractivity contribution is 7.98. The van der Waals surface area contributed by atoms with Crippen LogP contribution in [0.5, 0.6) is 11.5 Å². The Labute approximate surface area is 271 Å². The maximum Gasteiger partial charge on any atom is 0.338 e. The van der Waals surface area contributed by atoms with Crippen LogP contribution in [-0.4, -0.2) is 108 Å². The zero-order chi connectivity index (χ0) is 33.0. The summed E-state index contributed by atoms with van der Waals surface area (Å²) in [6.45, 7) is 3.41. The van der Waals surface area contributed by atoms with E-state index in [2.05, 4.69) is 15.5 Å². The summed E-state index contributed by atoms with van der Waals surface area (Å²) in [5.41, 5.74) is 1.14. The summed E-state index contributed by atoms with van der Waals surface area (Å²) in [7, 11) is 2.48. The quantitative estimate of drug-likeness (QED) is 0.0945. The Bertz CT molecular complexity index is 1330. The van der Waals surface area contributed by atoms with Gasteiger partial charge in [0.25, 0.3) is 5.22 Å². The fraction of sp³-hybridized carbons (Fsp3) is 0.452. The highest BCUT2D eigenvalue weighted by Crippen LogP contribution is 2.24. The average molecular weight is 662 g/mol. The Morgan fingerprint density at radius 2 is 1.33 bits per heavy atom. The monoisotopic (exact) mass is 661 g/mol. The van der Waals surface area contributed by atoms with Crippen molar-refractivity contribution in [3.63, 3.8) is 0 Å². The lowest BCUT2D eigenvalue weighted by Gasteiger charge is -2.10. The largest absolute Gasteiger partial charge is 0.494 e. The van der Waals surface area contributed by atoms with Gasteiger partial charge in [-0.3, -0.25) is 4.79 Å². The number of ether oxygens (including phenoxy) is 7. The lowest BCUT2D eigenvalue weighted by atomic mass is 10.1. The number of hydrogen-bond donors (Lipinski definition) is 1. The first-order valence-corrected chi connectivity index (χ1v) is 15.7. The minimum absolute atomic E-state index is 0.145. The van der Waals surface area contributed by atoms with Gasteiger partial charge in [-0.2, -0.15) is 0 Å². The highest BCUT2D eigenvalue weighted by Gasteiger charge is 2.15. The highest BCUT2D eigenvalue weighted by atomic mass is 32.2. The number of carbonyl (C=O) groups excluding carboxylic acids is 3. The van der Waals surface area contributed by atoms with Crippen LogP contribution in [-0.2, 0) is 28.5 Å². The third-order valence-electron chi connectivity index (χ3n) is 6.06. The number of amides is 1. The molecule has 0 unspecified atom stereocenters. The first-order chi connectivity index (χ1) is 22.4. The first kappa shape index (κ1) is 36.3. The van der Waals surface area contributed by atoms with Crippen LogP contribution in [0.1, 0.15) is 33.6 Å². The van der Waals surface area contributed by atoms with Crippen molar-refractivity contribution in [1.82, 2.24) is 15.5 Å². The normalized spacial score (nSPS) is 10.8. The molecule has 0 aliphatic heterocycles. The van der Waals surface area contributed by atoms with Crippen LogP contribution in [0.25, 0.3) is 11.5 Å². The molecule has 0 fully saturated rings. The van der Waals surface area contributed by atoms with Crippen LogP contribution in [0.4, 0.5) is 0 Å². The van der Waals surface area contributed by atoms with E-state index in [-0.39, 0.29) is 30.1 Å². The molecule has 1 aromatic heterocycles. The van der Waals surface area contributed by atoms with E-state index in [9.17, 15) is 14.4 Å². The van der Waals surface area contributed by atoms with E-state index in [0.29, 0.717) is 81.8 Å². The van der Waals surface area contributed by atoms with E-state index in [0.717, 1.165) is 5.56 Å². The van der Waals surface area contributed by atoms with Gasteiger partial charge in [0, 0.05) is 18.5 Å². The molecule has 0 aliphatic rings. The van der Waals surface area contributed by atoms with Crippen LogP contribution in [0.3, 0.4) is 0 Å². The summed E-state index contributed by atoms with van der Waals surface area (Å²) in [5, 5.41) is 11.2. The zero-order valence-electron chi connectivity index (χ0n) is 26.1. The number of nitrogens with one attached hydrogen (secondary N) is 1. The van der Waals surface area contributed by atoms with Gasteiger partial charge in [0.15, 0.2) is 0 Å². The second kappa shape index (κ2) is 20.8. The van der Waals surface area contributed by atoms with Gasteiger partial charge in [-0.1, -0.05) is 11.8 Å². The van der Waals surface area contributed by atoms with E-state index in [1.165, 1.54) is 44.2 Å². The number of thioether (sulfide) groups is 1. The molecule has 250 valence electrons. The lowest BCUT2D eigenvalue weighted by Crippen LogP contribution is -2.27. The number of hydrogen-bond acceptors (Lipinski definition) is 14. The Hall–Kier alpha value is -4.18. The number of benzene rings is 2. The molecule has 0 aliphatic carbocycles. The molecule has 15 heteroatoms. The molecular formula is C31H39N3O11S. The van der Waals surface area contributed by atoms with Gasteiger partial charge in [0.1, 0.15) is 18.1 Å². The van der Waals surface area contributed by atoms with Gasteiger partial charge < -0.3 is 42.9 Å². The van der Waals surface area contributed by atoms with E-state index in [4.69, 9.17) is 37.6 Å². The second-order valence-electron chi connectivity index (χ2n) is 9.32. The van der Waals surface area contributed by atoms with Crippen LogP contribution in [0, 0.1) is 0 Å². The van der Waals surface area contributed by atoms with Crippen molar-refractivity contribution in [2.24, 2.45) is 0 Å². The van der Waals surface area contributed by atoms with Gasteiger partial charge in [0.05, 0.1) is 71.6 Å². The van der Waals surface area contributed by atoms with Crippen LogP contribution < -0.4 is 14.8 Å². The maximum atomic E-state index is 12.1. The van der Waals surface area contributed by atoms with Crippen molar-refractivity contribution in [2.45, 2.75) is 18.1 Å². The number of esters is 2. The molecule has 2 aromatic carbocycles. The van der Waals surface area contributed by atoms with Gasteiger partial charge in [-0.05, 0) is 55.1 Å². The molecule has 1 amide bonds. The molecule has 1 heterocycles. The molecular weight excluding hydrogens is 622 g/mol. The standard InChI is InChI=1S/C31H39N3O11S/c1-38-29(36)23-19-24(30(37)39-2)21-26(20-23)43-11-4-5-27(35)32-10-12-40-13-14-41-15-16-42-17-18-44-25-8-6-22(7-9-25)28-33-34-31(45-28)46-3/h6-9,19-21H,4-5,10-18H2,1-3H3,(H,32,35). The SMILES string of the molecule is COC(=O)c1cc(OCCCC(=O)NCCOCCOCCOCCOc2ccc(-c3nnc(SC)o3)cc2)cc(C(=O)OC)c1. The fourth-order valence-corrected chi connectivity index (χ4v) is 4.08. The molecule has 1 N–H and O–H groups in total. The Morgan fingerprint density at radius 1 is 0.739 bits per heavy atom. The third kappa shape index (κ3) is 13.0. The van der Waals surface area contributed by atoms with E-state index in [1.807, 2.05) is 30.5 Å². The molecule has 0 saturated carbocycles. The first-order valence-electron chi connectivity index (χ1n) is 14.5. The summed E-state index contributed by atoms with van der Waals surface area (Å²) in [5.74, 6) is 0.115. The Balaban J connectivity index is 1.13. The van der Waals surface area contributed by atoms with Crippen LogP contribution in [0.2, 0.25) is 0 Å². The average Bonchev–Trinajstić information content (AvgIpc) is 3.57. The number of rotatable bonds is 22. The van der Waals surface area contributed by atoms with Gasteiger partial charge in [-0.25, -0.2) is 9.59 Å². The predicted octanol–water partition coefficient (Wildman–Crippen LogP) is 3.44. The van der Waals surface area contributed by atoms with Gasteiger partial charge in [0.2, 0.25) is 11.8 Å². The molecule has 14 nitrogen and oxygen atoms in total. The minimum Gasteiger partial charge on any atom is -0.494 e. The zero-order valence-corrected chi connectivity index (χ0v) is 26.9. The smallest absolute Gasteiger partial charge is 0.338 e. The van der Waals surface area contributed by atoms with Gasteiger partial charge in [-0.15, -0.1) is 10.2 Å². The molecule has 3 rings (SSSR count). The van der Waals surface area contributed by atoms with Crippen molar-refractivity contribution in [1.29, 1.82) is 0 Å². The number of carbonyl (C=O) groups is 3. The molecule has 46 heavy (non-hydrogen) atoms. The predicted molar refractivity (Wildman–Crippen MR) is 166 cm³/mol. The van der Waals surface area contributed by atoms with E-state index in [1.54, 1.807) is 0 Å². The van der Waals surface area contributed by atoms with Crippen molar-refractivity contribution >= 4 is 29.6 Å². The fourth-order valence-electron chi connectivity index (χ4n) is 3.79. The molecule has 0 radical (unpaired) electrons. The van der Waals surface area contributed by atoms with Crippen LogP contribution in [0.15, 0.2) is 52.1 Å². The number of nitrogens with zero attached hydrogens (tertiary/aromatic N) is 2. The summed E-state index contributed by atoms with van der Waals surface area (Å²) in [4.78, 5) is 35.8. The van der Waals surface area contributed by atoms with E-state index >= 15 is 0 Å². The number of methoxy groups -OCH3 is 2. The second-order valence-corrected chi connectivity index (χ2v) is 10.1. The maximum absolute atomic E-state index is 12.1. The minimum atomic E-state index is -0.609. The Kier molecular flexibility index (Phi) is 16.4. The van der Waals surface area contributed by atoms with Crippen LogP contribution >= 0.6 is 11.8 Å². The molecule has 0 spiro atoms. The van der Waals surface area contributed by atoms with Gasteiger partial charge >= 0.3 is 11.9 Å². The van der Waals surface area contributed by atoms with E-state index < -0.39 is 11.9 Å². The van der Waals surface area contributed by atoms with Crippen molar-refractivity contribution in [3.8, 4) is 23.0 Å². The molecule has 3 aromatic rings. The van der Waals surface area contributed by atoms with Crippen molar-refractivity contribution < 1.29 is 52.0 Å². The Morgan fingerprint density at radius 3 is 1.91 bits per heavy atom. The van der Waals surface area contributed by atoms with Crippen molar-refractivity contribution in [3.05, 3.63) is 53.6 Å². The molecule has 0 saturated heterocycles. The third-order valence-corrected chi connectivity index (χ3v) is 6.57. The molecule has 0 atom stereocenters. The summed E-state index contributed by atoms with van der Waals surface area (Å²) in [6.07, 6.45) is 2.54. The summed E-state index contributed by atoms with van der Waals surface area (Å²) >= 11 is 1.39. The topological polar surface area (TPSA) is 167 Å². The lowest BCUT2D eigenvalue weighted by molar-refractivity contribution is -0.121. The summed E-state index contributed by atoms with van der Waals surface area (Å²) in [6, 6.07) is 11.7.